The zero-order valence-electron chi connectivity index (χ0n) is 16.7. The normalized spacial score (nSPS) is 11.7. The highest BCUT2D eigenvalue weighted by Crippen LogP contribution is 2.41. The van der Waals surface area contributed by atoms with Crippen molar-refractivity contribution in [2.45, 2.75) is 24.0 Å². The Morgan fingerprint density at radius 2 is 1.97 bits per heavy atom. The van der Waals surface area contributed by atoms with Crippen LogP contribution in [0.5, 0.6) is 5.75 Å². The van der Waals surface area contributed by atoms with Crippen LogP contribution in [0.3, 0.4) is 0 Å². The Balaban J connectivity index is 1.68. The van der Waals surface area contributed by atoms with Gasteiger partial charge in [0.05, 0.1) is 28.3 Å². The molecule has 1 atom stereocenters. The standard InChI is InChI=1S/C23H21ClN2O3S2/c24-18-7-5-16-6-8-19(26-21(16)14-18)15-29-20-4-1-3-17(13-20)23(30-11-2-10-25)31-12-9-22(27)28/h1,3-8,13-14,23H,2,9,11-12,15H2,(H,27,28). The summed E-state index contributed by atoms with van der Waals surface area (Å²) < 4.78 is 6.01. The van der Waals surface area contributed by atoms with Crippen LogP contribution in [0.15, 0.2) is 54.6 Å². The third-order valence-electron chi connectivity index (χ3n) is 4.30. The van der Waals surface area contributed by atoms with Crippen molar-refractivity contribution in [3.63, 3.8) is 0 Å². The predicted molar refractivity (Wildman–Crippen MR) is 128 cm³/mol. The molecule has 5 nitrogen and oxygen atoms in total. The Kier molecular flexibility index (Phi) is 8.89. The summed E-state index contributed by atoms with van der Waals surface area (Å²) in [6, 6.07) is 19.5. The van der Waals surface area contributed by atoms with Gasteiger partial charge in [-0.2, -0.15) is 5.26 Å². The Hall–Kier alpha value is -2.40. The first-order valence-electron chi connectivity index (χ1n) is 9.65. The van der Waals surface area contributed by atoms with Crippen LogP contribution in [0.25, 0.3) is 10.9 Å². The number of carboxylic acid groups (broad SMARTS) is 1. The van der Waals surface area contributed by atoms with Crippen molar-refractivity contribution in [3.8, 4) is 11.8 Å². The van der Waals surface area contributed by atoms with Crippen LogP contribution in [0.4, 0.5) is 0 Å². The molecular weight excluding hydrogens is 452 g/mol. The summed E-state index contributed by atoms with van der Waals surface area (Å²) in [6.07, 6.45) is 0.558. The molecule has 160 valence electrons. The van der Waals surface area contributed by atoms with Crippen molar-refractivity contribution in [1.29, 1.82) is 5.26 Å². The van der Waals surface area contributed by atoms with Crippen LogP contribution in [0.2, 0.25) is 5.02 Å². The molecule has 2 aromatic carbocycles. The van der Waals surface area contributed by atoms with E-state index in [-0.39, 0.29) is 11.0 Å². The third kappa shape index (κ3) is 7.35. The van der Waals surface area contributed by atoms with Gasteiger partial charge < -0.3 is 9.84 Å². The molecule has 0 amide bonds. The Morgan fingerprint density at radius 3 is 2.77 bits per heavy atom. The zero-order valence-corrected chi connectivity index (χ0v) is 19.1. The maximum Gasteiger partial charge on any atom is 0.304 e. The molecular formula is C23H21ClN2O3S2. The molecule has 0 aliphatic rings. The number of ether oxygens (including phenoxy) is 1. The van der Waals surface area contributed by atoms with E-state index in [4.69, 9.17) is 26.7 Å². The van der Waals surface area contributed by atoms with E-state index in [1.807, 2.05) is 54.6 Å². The molecule has 8 heteroatoms. The van der Waals surface area contributed by atoms with E-state index >= 15 is 0 Å². The highest BCUT2D eigenvalue weighted by atomic mass is 35.5. The largest absolute Gasteiger partial charge is 0.487 e. The van der Waals surface area contributed by atoms with Gasteiger partial charge in [-0.3, -0.25) is 4.79 Å². The maximum atomic E-state index is 10.9. The topological polar surface area (TPSA) is 83.2 Å². The Labute approximate surface area is 194 Å². The number of hydrogen-bond acceptors (Lipinski definition) is 6. The van der Waals surface area contributed by atoms with E-state index in [0.29, 0.717) is 29.6 Å². The first-order valence-corrected chi connectivity index (χ1v) is 12.1. The minimum Gasteiger partial charge on any atom is -0.487 e. The average Bonchev–Trinajstić information content (AvgIpc) is 2.76. The van der Waals surface area contributed by atoms with Crippen molar-refractivity contribution in [1.82, 2.24) is 4.98 Å². The highest BCUT2D eigenvalue weighted by Gasteiger charge is 2.14. The van der Waals surface area contributed by atoms with E-state index in [2.05, 4.69) is 11.1 Å². The maximum absolute atomic E-state index is 10.9. The number of benzene rings is 2. The minimum atomic E-state index is -0.811. The molecule has 0 saturated heterocycles. The van der Waals surface area contributed by atoms with Crippen molar-refractivity contribution in [2.75, 3.05) is 11.5 Å². The summed E-state index contributed by atoms with van der Waals surface area (Å²) in [5, 5.41) is 19.4. The number of carbonyl (C=O) groups is 1. The van der Waals surface area contributed by atoms with Gasteiger partial charge in [-0.05, 0) is 35.9 Å². The number of carboxylic acids is 1. The van der Waals surface area contributed by atoms with Gasteiger partial charge in [0.1, 0.15) is 12.4 Å². The smallest absolute Gasteiger partial charge is 0.304 e. The number of aliphatic carboxylic acids is 1. The van der Waals surface area contributed by atoms with Crippen molar-refractivity contribution in [2.24, 2.45) is 0 Å². The van der Waals surface area contributed by atoms with Crippen molar-refractivity contribution in [3.05, 3.63) is 70.9 Å². The molecule has 3 rings (SSSR count). The molecule has 1 N–H and O–H groups in total. The van der Waals surface area contributed by atoms with Gasteiger partial charge in [-0.25, -0.2) is 4.98 Å². The lowest BCUT2D eigenvalue weighted by molar-refractivity contribution is -0.136. The number of thioether (sulfide) groups is 2. The summed E-state index contributed by atoms with van der Waals surface area (Å²) in [4.78, 5) is 15.5. The summed E-state index contributed by atoms with van der Waals surface area (Å²) in [5.41, 5.74) is 2.66. The third-order valence-corrected chi connectivity index (χ3v) is 7.38. The molecule has 0 saturated carbocycles. The van der Waals surface area contributed by atoms with E-state index in [9.17, 15) is 4.79 Å². The van der Waals surface area contributed by atoms with Crippen molar-refractivity contribution < 1.29 is 14.6 Å². The van der Waals surface area contributed by atoms with Crippen LogP contribution in [-0.4, -0.2) is 27.6 Å². The minimum absolute atomic E-state index is 0.0391. The van der Waals surface area contributed by atoms with Gasteiger partial charge in [0, 0.05) is 28.3 Å². The Bertz CT molecular complexity index is 1090. The van der Waals surface area contributed by atoms with E-state index in [0.717, 1.165) is 27.9 Å². The van der Waals surface area contributed by atoms with Gasteiger partial charge >= 0.3 is 5.97 Å². The lowest BCUT2D eigenvalue weighted by atomic mass is 10.2. The van der Waals surface area contributed by atoms with Crippen LogP contribution < -0.4 is 4.74 Å². The second-order valence-electron chi connectivity index (χ2n) is 6.63. The summed E-state index contributed by atoms with van der Waals surface area (Å²) >= 11 is 9.28. The number of aromatic nitrogens is 1. The van der Waals surface area contributed by atoms with Crippen molar-refractivity contribution >= 4 is 52.0 Å². The van der Waals surface area contributed by atoms with Gasteiger partial charge in [-0.1, -0.05) is 35.9 Å². The lowest BCUT2D eigenvalue weighted by Crippen LogP contribution is -2.01. The van der Waals surface area contributed by atoms with Gasteiger partial charge in [0.15, 0.2) is 0 Å². The molecule has 0 radical (unpaired) electrons. The zero-order chi connectivity index (χ0) is 22.1. The second-order valence-corrected chi connectivity index (χ2v) is 9.79. The number of halogens is 1. The average molecular weight is 473 g/mol. The van der Waals surface area contributed by atoms with Crippen LogP contribution in [0, 0.1) is 11.3 Å². The van der Waals surface area contributed by atoms with Gasteiger partial charge in [0.2, 0.25) is 0 Å². The quantitative estimate of drug-likeness (QED) is 0.258. The fourth-order valence-corrected chi connectivity index (χ4v) is 5.56. The molecule has 3 aromatic rings. The summed E-state index contributed by atoms with van der Waals surface area (Å²) in [6.45, 7) is 0.324. The SMILES string of the molecule is N#CCCSC(SCCC(=O)O)c1cccc(OCc2ccc3ccc(Cl)cc3n2)c1. The van der Waals surface area contributed by atoms with Crippen LogP contribution in [-0.2, 0) is 11.4 Å². The molecule has 0 spiro atoms. The number of pyridine rings is 1. The van der Waals surface area contributed by atoms with E-state index in [1.54, 1.807) is 23.5 Å². The first-order chi connectivity index (χ1) is 15.0. The molecule has 0 bridgehead atoms. The Morgan fingerprint density at radius 1 is 1.16 bits per heavy atom. The van der Waals surface area contributed by atoms with Gasteiger partial charge in [-0.15, -0.1) is 23.5 Å². The second kappa shape index (κ2) is 11.8. The molecule has 1 unspecified atom stereocenters. The molecule has 0 fully saturated rings. The fourth-order valence-electron chi connectivity index (χ4n) is 2.83. The van der Waals surface area contributed by atoms with Crippen LogP contribution >= 0.6 is 35.1 Å². The molecule has 0 aliphatic heterocycles. The molecule has 1 aromatic heterocycles. The monoisotopic (exact) mass is 472 g/mol. The number of nitriles is 1. The van der Waals surface area contributed by atoms with E-state index < -0.39 is 5.97 Å². The fraction of sp³-hybridized carbons (Fsp3) is 0.261. The highest BCUT2D eigenvalue weighted by molar-refractivity contribution is 8.16. The van der Waals surface area contributed by atoms with Crippen LogP contribution in [0.1, 0.15) is 28.7 Å². The number of fused-ring (bicyclic) bond motifs is 1. The number of hydrogen-bond donors (Lipinski definition) is 1. The lowest BCUT2D eigenvalue weighted by Gasteiger charge is -2.17. The van der Waals surface area contributed by atoms with E-state index in [1.165, 1.54) is 0 Å². The molecule has 0 aliphatic carbocycles. The predicted octanol–water partition coefficient (Wildman–Crippen LogP) is 6.32. The summed E-state index contributed by atoms with van der Waals surface area (Å²) in [5.74, 6) is 1.11. The number of nitrogens with zero attached hydrogens (tertiary/aromatic N) is 2. The number of rotatable bonds is 11. The molecule has 31 heavy (non-hydrogen) atoms. The summed E-state index contributed by atoms with van der Waals surface area (Å²) in [7, 11) is 0. The molecule has 1 heterocycles. The first kappa shape index (κ1) is 23.3. The van der Waals surface area contributed by atoms with Gasteiger partial charge in [0.25, 0.3) is 0 Å².